The van der Waals surface area contributed by atoms with Crippen LogP contribution in [-0.4, -0.2) is 20.4 Å². The van der Waals surface area contributed by atoms with Gasteiger partial charge in [-0.2, -0.15) is 0 Å². The molecule has 5 heteroatoms. The number of halogens is 2. The lowest BCUT2D eigenvalue weighted by molar-refractivity contribution is 0.618. The maximum Gasteiger partial charge on any atom is 0.164 e. The summed E-state index contributed by atoms with van der Waals surface area (Å²) in [5.74, 6) is 1.10. The molecular formula is C16H15ClFN3. The second kappa shape index (κ2) is 5.45. The number of aryl methyl sites for hydroxylation is 3. The second-order valence-corrected chi connectivity index (χ2v) is 5.47. The van der Waals surface area contributed by atoms with E-state index in [1.165, 1.54) is 6.07 Å². The Morgan fingerprint density at radius 1 is 1.24 bits per heavy atom. The predicted octanol–water partition coefficient (Wildman–Crippen LogP) is 3.96. The van der Waals surface area contributed by atoms with E-state index in [0.717, 1.165) is 28.2 Å². The van der Waals surface area contributed by atoms with Crippen molar-refractivity contribution >= 4 is 22.8 Å². The summed E-state index contributed by atoms with van der Waals surface area (Å²) >= 11 is 5.88. The fourth-order valence-electron chi connectivity index (χ4n) is 2.40. The molecule has 0 fully saturated rings. The predicted molar refractivity (Wildman–Crippen MR) is 82.7 cm³/mol. The lowest BCUT2D eigenvalue weighted by atomic mass is 10.2. The zero-order chi connectivity index (χ0) is 15.0. The van der Waals surface area contributed by atoms with Gasteiger partial charge in [-0.15, -0.1) is 11.6 Å². The molecule has 0 aliphatic carbocycles. The lowest BCUT2D eigenvalue weighted by Gasteiger charge is -2.09. The molecule has 2 heterocycles. The van der Waals surface area contributed by atoms with Gasteiger partial charge < -0.3 is 0 Å². The lowest BCUT2D eigenvalue weighted by Crippen LogP contribution is -2.03. The molecular weight excluding hydrogens is 289 g/mol. The molecule has 3 nitrogen and oxygen atoms in total. The van der Waals surface area contributed by atoms with Crippen molar-refractivity contribution in [3.8, 4) is 5.69 Å². The molecule has 0 saturated carbocycles. The van der Waals surface area contributed by atoms with Gasteiger partial charge in [-0.25, -0.2) is 14.4 Å². The molecule has 0 spiro atoms. The van der Waals surface area contributed by atoms with Gasteiger partial charge in [0.25, 0.3) is 0 Å². The van der Waals surface area contributed by atoms with Gasteiger partial charge in [0, 0.05) is 24.2 Å². The molecule has 0 atom stereocenters. The largest absolute Gasteiger partial charge is 0.281 e. The van der Waals surface area contributed by atoms with Gasteiger partial charge in [-0.1, -0.05) is 0 Å². The van der Waals surface area contributed by atoms with Crippen LogP contribution in [0.25, 0.3) is 16.9 Å². The number of hydrogen-bond acceptors (Lipinski definition) is 2. The first-order chi connectivity index (χ1) is 10.1. The van der Waals surface area contributed by atoms with Crippen LogP contribution in [0.1, 0.15) is 17.0 Å². The van der Waals surface area contributed by atoms with E-state index < -0.39 is 0 Å². The Balaban J connectivity index is 2.27. The summed E-state index contributed by atoms with van der Waals surface area (Å²) < 4.78 is 15.4. The summed E-state index contributed by atoms with van der Waals surface area (Å²) in [6, 6.07) is 7.00. The average Bonchev–Trinajstić information content (AvgIpc) is 2.79. The number of imidazole rings is 1. The fourth-order valence-corrected chi connectivity index (χ4v) is 2.57. The van der Waals surface area contributed by atoms with Gasteiger partial charge in [0.05, 0.1) is 0 Å². The number of alkyl halides is 1. The van der Waals surface area contributed by atoms with E-state index >= 15 is 0 Å². The number of hydrogen-bond donors (Lipinski definition) is 0. The van der Waals surface area contributed by atoms with Gasteiger partial charge in [0.1, 0.15) is 17.2 Å². The third-order valence-corrected chi connectivity index (χ3v) is 3.61. The van der Waals surface area contributed by atoms with Crippen LogP contribution in [0.4, 0.5) is 4.39 Å². The number of rotatable bonds is 3. The Hall–Kier alpha value is -1.94. The van der Waals surface area contributed by atoms with Crippen LogP contribution < -0.4 is 0 Å². The molecule has 0 saturated heterocycles. The van der Waals surface area contributed by atoms with E-state index in [0.29, 0.717) is 17.9 Å². The quantitative estimate of drug-likeness (QED) is 0.686. The van der Waals surface area contributed by atoms with Gasteiger partial charge in [-0.3, -0.25) is 4.57 Å². The first kappa shape index (κ1) is 14.0. The average molecular weight is 304 g/mol. The molecule has 108 valence electrons. The molecule has 3 aromatic rings. The van der Waals surface area contributed by atoms with Crippen LogP contribution in [0.2, 0.25) is 0 Å². The highest BCUT2D eigenvalue weighted by Gasteiger charge is 2.14. The van der Waals surface area contributed by atoms with E-state index in [4.69, 9.17) is 11.6 Å². The number of nitrogens with zero attached hydrogens (tertiary/aromatic N) is 3. The van der Waals surface area contributed by atoms with Crippen molar-refractivity contribution in [2.75, 3.05) is 5.88 Å². The van der Waals surface area contributed by atoms with E-state index in [1.807, 2.05) is 17.6 Å². The highest BCUT2D eigenvalue weighted by molar-refractivity contribution is 6.17. The van der Waals surface area contributed by atoms with Crippen LogP contribution in [0.5, 0.6) is 0 Å². The van der Waals surface area contributed by atoms with Crippen molar-refractivity contribution in [3.63, 3.8) is 0 Å². The standard InChI is InChI=1S/C16H15ClFN3/c1-10-7-14-16(19-9-10)21(15(20-14)5-6-17)12-3-4-13(18)11(2)8-12/h3-4,7-9H,5-6H2,1-2H3. The molecule has 0 radical (unpaired) electrons. The Labute approximate surface area is 127 Å². The molecule has 2 aromatic heterocycles. The zero-order valence-electron chi connectivity index (χ0n) is 11.9. The Kier molecular flexibility index (Phi) is 3.64. The van der Waals surface area contributed by atoms with Gasteiger partial charge in [0.15, 0.2) is 5.65 Å². The minimum Gasteiger partial charge on any atom is -0.281 e. The smallest absolute Gasteiger partial charge is 0.164 e. The summed E-state index contributed by atoms with van der Waals surface area (Å²) in [4.78, 5) is 9.09. The van der Waals surface area contributed by atoms with Crippen LogP contribution in [-0.2, 0) is 6.42 Å². The topological polar surface area (TPSA) is 30.7 Å². The maximum absolute atomic E-state index is 13.5. The van der Waals surface area contributed by atoms with Crippen molar-refractivity contribution in [2.45, 2.75) is 20.3 Å². The normalized spacial score (nSPS) is 11.2. The van der Waals surface area contributed by atoms with Crippen molar-refractivity contribution < 1.29 is 4.39 Å². The van der Waals surface area contributed by atoms with Gasteiger partial charge in [0.2, 0.25) is 0 Å². The number of benzene rings is 1. The molecule has 3 rings (SSSR count). The van der Waals surface area contributed by atoms with Crippen LogP contribution in [0, 0.1) is 19.7 Å². The molecule has 0 aliphatic heterocycles. The van der Waals surface area contributed by atoms with Gasteiger partial charge in [-0.05, 0) is 49.2 Å². The summed E-state index contributed by atoms with van der Waals surface area (Å²) in [5.41, 5.74) is 4.11. The molecule has 0 amide bonds. The third-order valence-electron chi connectivity index (χ3n) is 3.42. The zero-order valence-corrected chi connectivity index (χ0v) is 12.7. The highest BCUT2D eigenvalue weighted by Crippen LogP contribution is 2.23. The number of fused-ring (bicyclic) bond motifs is 1. The molecule has 0 aliphatic rings. The van der Waals surface area contributed by atoms with Crippen LogP contribution in [0.15, 0.2) is 30.5 Å². The monoisotopic (exact) mass is 303 g/mol. The molecule has 0 bridgehead atoms. The van der Waals surface area contributed by atoms with Crippen molar-refractivity contribution in [1.29, 1.82) is 0 Å². The van der Waals surface area contributed by atoms with E-state index in [-0.39, 0.29) is 5.82 Å². The van der Waals surface area contributed by atoms with Crippen molar-refractivity contribution in [2.24, 2.45) is 0 Å². The maximum atomic E-state index is 13.5. The van der Waals surface area contributed by atoms with Crippen LogP contribution in [0.3, 0.4) is 0 Å². The fraction of sp³-hybridized carbons (Fsp3) is 0.250. The summed E-state index contributed by atoms with van der Waals surface area (Å²) in [7, 11) is 0. The minimum absolute atomic E-state index is 0.217. The second-order valence-electron chi connectivity index (χ2n) is 5.09. The van der Waals surface area contributed by atoms with E-state index in [2.05, 4.69) is 9.97 Å². The Bertz CT molecular complexity index is 811. The third kappa shape index (κ3) is 2.51. The Morgan fingerprint density at radius 2 is 2.05 bits per heavy atom. The number of pyridine rings is 1. The molecule has 0 N–H and O–H groups in total. The summed E-state index contributed by atoms with van der Waals surface area (Å²) in [5, 5.41) is 0. The van der Waals surface area contributed by atoms with Crippen molar-refractivity contribution in [3.05, 3.63) is 53.2 Å². The SMILES string of the molecule is Cc1cnc2c(c1)nc(CCCl)n2-c1ccc(F)c(C)c1. The first-order valence-corrected chi connectivity index (χ1v) is 7.30. The van der Waals surface area contributed by atoms with Crippen molar-refractivity contribution in [1.82, 2.24) is 14.5 Å². The highest BCUT2D eigenvalue weighted by atomic mass is 35.5. The van der Waals surface area contributed by atoms with Crippen LogP contribution >= 0.6 is 11.6 Å². The first-order valence-electron chi connectivity index (χ1n) is 6.76. The van der Waals surface area contributed by atoms with E-state index in [9.17, 15) is 4.39 Å². The van der Waals surface area contributed by atoms with Gasteiger partial charge >= 0.3 is 0 Å². The minimum atomic E-state index is -0.217. The Morgan fingerprint density at radius 3 is 2.76 bits per heavy atom. The molecule has 1 aromatic carbocycles. The summed E-state index contributed by atoms with van der Waals surface area (Å²) in [6.45, 7) is 3.73. The van der Waals surface area contributed by atoms with E-state index in [1.54, 1.807) is 25.3 Å². The number of aromatic nitrogens is 3. The molecule has 21 heavy (non-hydrogen) atoms. The summed E-state index contributed by atoms with van der Waals surface area (Å²) in [6.07, 6.45) is 2.44. The molecule has 0 unspecified atom stereocenters.